The van der Waals surface area contributed by atoms with Gasteiger partial charge in [0.25, 0.3) is 5.91 Å². The van der Waals surface area contributed by atoms with Crippen molar-refractivity contribution in [2.75, 3.05) is 6.54 Å². The third-order valence-electron chi connectivity index (χ3n) is 2.70. The second-order valence-corrected chi connectivity index (χ2v) is 5.25. The molecule has 0 aromatic heterocycles. The van der Waals surface area contributed by atoms with Crippen molar-refractivity contribution >= 4 is 40.7 Å². The van der Waals surface area contributed by atoms with E-state index in [-0.39, 0.29) is 5.91 Å². The van der Waals surface area contributed by atoms with Gasteiger partial charge in [0.2, 0.25) is 0 Å². The van der Waals surface area contributed by atoms with E-state index < -0.39 is 0 Å². The number of nitrogens with zero attached hydrogens (tertiary/aromatic N) is 1. The molecule has 0 saturated heterocycles. The number of hydrogen-bond acceptors (Lipinski definition) is 1. The van der Waals surface area contributed by atoms with Crippen LogP contribution < -0.4 is 0 Å². The molecule has 1 aliphatic rings. The second kappa shape index (κ2) is 5.35. The Morgan fingerprint density at radius 1 is 1.17 bits per heavy atom. The fraction of sp³-hybridized carbons (Fsp3) is 0.154. The summed E-state index contributed by atoms with van der Waals surface area (Å²) in [7, 11) is 0. The zero-order valence-corrected chi connectivity index (χ0v) is 11.9. The highest BCUT2D eigenvalue weighted by atomic mass is 35.5. The van der Waals surface area contributed by atoms with Crippen LogP contribution in [-0.2, 0) is 0 Å². The van der Waals surface area contributed by atoms with Crippen LogP contribution in [-0.4, -0.2) is 17.4 Å². The van der Waals surface area contributed by atoms with Crippen LogP contribution in [0.4, 0.5) is 0 Å². The molecule has 0 aliphatic carbocycles. The van der Waals surface area contributed by atoms with Gasteiger partial charge < -0.3 is 4.90 Å². The van der Waals surface area contributed by atoms with E-state index in [0.29, 0.717) is 27.2 Å². The van der Waals surface area contributed by atoms with Gasteiger partial charge in [0.1, 0.15) is 0 Å². The summed E-state index contributed by atoms with van der Waals surface area (Å²) in [5.41, 5.74) is 1.35. The molecule has 5 heteroatoms. The lowest BCUT2D eigenvalue weighted by Gasteiger charge is -2.24. The van der Waals surface area contributed by atoms with Gasteiger partial charge in [-0.05, 0) is 36.8 Å². The monoisotopic (exact) mass is 301 g/mol. The molecule has 94 valence electrons. The molecule has 18 heavy (non-hydrogen) atoms. The first-order valence-electron chi connectivity index (χ1n) is 5.28. The lowest BCUT2D eigenvalue weighted by molar-refractivity contribution is 0.0832. The van der Waals surface area contributed by atoms with Crippen molar-refractivity contribution in [1.29, 1.82) is 0 Å². The van der Waals surface area contributed by atoms with E-state index in [0.717, 1.165) is 5.57 Å². The van der Waals surface area contributed by atoms with Gasteiger partial charge in [0.15, 0.2) is 0 Å². The van der Waals surface area contributed by atoms with Crippen molar-refractivity contribution < 1.29 is 4.79 Å². The van der Waals surface area contributed by atoms with E-state index in [1.54, 1.807) is 30.5 Å². The number of benzene rings is 1. The van der Waals surface area contributed by atoms with Gasteiger partial charge in [-0.2, -0.15) is 0 Å². The van der Waals surface area contributed by atoms with Crippen molar-refractivity contribution in [2.24, 2.45) is 0 Å². The maximum absolute atomic E-state index is 12.2. The summed E-state index contributed by atoms with van der Waals surface area (Å²) >= 11 is 17.9. The molecular weight excluding hydrogens is 293 g/mol. The lowest BCUT2D eigenvalue weighted by Crippen LogP contribution is -2.29. The van der Waals surface area contributed by atoms with Crippen LogP contribution in [0.2, 0.25) is 5.02 Å². The van der Waals surface area contributed by atoms with Crippen molar-refractivity contribution in [3.05, 3.63) is 56.7 Å². The van der Waals surface area contributed by atoms with E-state index >= 15 is 0 Å². The number of hydrogen-bond donors (Lipinski definition) is 0. The highest BCUT2D eigenvalue weighted by Gasteiger charge is 2.21. The quantitative estimate of drug-likeness (QED) is 0.753. The van der Waals surface area contributed by atoms with E-state index in [9.17, 15) is 4.79 Å². The minimum absolute atomic E-state index is 0.157. The van der Waals surface area contributed by atoms with Crippen LogP contribution in [0.25, 0.3) is 0 Å². The van der Waals surface area contributed by atoms with Gasteiger partial charge in [-0.3, -0.25) is 4.79 Å². The molecule has 0 atom stereocenters. The molecule has 1 aromatic carbocycles. The molecule has 1 amide bonds. The topological polar surface area (TPSA) is 20.3 Å². The largest absolute Gasteiger partial charge is 0.308 e. The predicted octanol–water partition coefficient (Wildman–Crippen LogP) is 4.39. The number of carbonyl (C=O) groups excluding carboxylic acids is 1. The number of allylic oxidation sites excluding steroid dienone is 2. The van der Waals surface area contributed by atoms with E-state index in [2.05, 4.69) is 0 Å². The Morgan fingerprint density at radius 2 is 1.78 bits per heavy atom. The molecule has 0 spiro atoms. The van der Waals surface area contributed by atoms with Crippen LogP contribution in [0.1, 0.15) is 17.3 Å². The zero-order chi connectivity index (χ0) is 13.3. The van der Waals surface area contributed by atoms with E-state index in [1.165, 1.54) is 4.90 Å². The summed E-state index contributed by atoms with van der Waals surface area (Å²) in [4.78, 5) is 13.7. The first kappa shape index (κ1) is 13.5. The van der Waals surface area contributed by atoms with Crippen molar-refractivity contribution in [3.63, 3.8) is 0 Å². The van der Waals surface area contributed by atoms with Crippen molar-refractivity contribution in [3.8, 4) is 0 Å². The summed E-state index contributed by atoms with van der Waals surface area (Å²) in [6.07, 6.45) is 1.60. The Morgan fingerprint density at radius 3 is 2.33 bits per heavy atom. The number of halogens is 3. The van der Waals surface area contributed by atoms with Crippen LogP contribution in [0.3, 0.4) is 0 Å². The van der Waals surface area contributed by atoms with E-state index in [4.69, 9.17) is 34.8 Å². The molecule has 1 aliphatic heterocycles. The number of rotatable bonds is 1. The molecule has 2 rings (SSSR count). The van der Waals surface area contributed by atoms with Crippen LogP contribution in [0.5, 0.6) is 0 Å². The summed E-state index contributed by atoms with van der Waals surface area (Å²) in [6, 6.07) is 6.69. The second-order valence-electron chi connectivity index (χ2n) is 3.95. The average Bonchev–Trinajstić information content (AvgIpc) is 2.35. The molecular formula is C13H10Cl3NO. The van der Waals surface area contributed by atoms with E-state index in [1.807, 2.05) is 6.92 Å². The van der Waals surface area contributed by atoms with Crippen molar-refractivity contribution in [2.45, 2.75) is 6.92 Å². The molecule has 0 saturated carbocycles. The molecule has 2 nitrogen and oxygen atoms in total. The zero-order valence-electron chi connectivity index (χ0n) is 9.58. The molecule has 0 bridgehead atoms. The molecule has 0 unspecified atom stereocenters. The Kier molecular flexibility index (Phi) is 4.00. The normalized spacial score (nSPS) is 15.8. The minimum Gasteiger partial charge on any atom is -0.308 e. The SMILES string of the molecule is CC1=C(Cl)CN(C(=O)c2ccc(Cl)cc2)C=C1Cl. The molecule has 0 fully saturated rings. The van der Waals surface area contributed by atoms with Crippen molar-refractivity contribution in [1.82, 2.24) is 4.90 Å². The smallest absolute Gasteiger partial charge is 0.258 e. The Labute approximate surface area is 120 Å². The Balaban J connectivity index is 2.24. The third kappa shape index (κ3) is 2.72. The summed E-state index contributed by atoms with van der Waals surface area (Å²) < 4.78 is 0. The van der Waals surface area contributed by atoms with Gasteiger partial charge in [-0.25, -0.2) is 0 Å². The van der Waals surface area contributed by atoms with Gasteiger partial charge in [0.05, 0.1) is 11.6 Å². The minimum atomic E-state index is -0.157. The fourth-order valence-electron chi connectivity index (χ4n) is 1.57. The van der Waals surface area contributed by atoms with Crippen LogP contribution in [0.15, 0.2) is 46.1 Å². The maximum Gasteiger partial charge on any atom is 0.258 e. The first-order valence-corrected chi connectivity index (χ1v) is 6.42. The highest BCUT2D eigenvalue weighted by Crippen LogP contribution is 2.27. The first-order chi connectivity index (χ1) is 8.49. The molecule has 0 N–H and O–H groups in total. The molecule has 1 heterocycles. The lowest BCUT2D eigenvalue weighted by atomic mass is 10.1. The molecule has 1 aromatic rings. The molecule has 0 radical (unpaired) electrons. The van der Waals surface area contributed by atoms with Gasteiger partial charge in [-0.15, -0.1) is 0 Å². The summed E-state index contributed by atoms with van der Waals surface area (Å²) in [5, 5.41) is 1.64. The Bertz CT molecular complexity index is 546. The summed E-state index contributed by atoms with van der Waals surface area (Å²) in [5.74, 6) is -0.157. The van der Waals surface area contributed by atoms with Gasteiger partial charge in [-0.1, -0.05) is 34.8 Å². The number of amides is 1. The van der Waals surface area contributed by atoms with Gasteiger partial charge in [0, 0.05) is 21.8 Å². The van der Waals surface area contributed by atoms with Crippen LogP contribution >= 0.6 is 34.8 Å². The predicted molar refractivity (Wildman–Crippen MR) is 75.0 cm³/mol. The summed E-state index contributed by atoms with van der Waals surface area (Å²) in [6.45, 7) is 2.16. The Hall–Kier alpha value is -0.960. The highest BCUT2D eigenvalue weighted by molar-refractivity contribution is 6.36. The van der Waals surface area contributed by atoms with Gasteiger partial charge >= 0.3 is 0 Å². The average molecular weight is 303 g/mol. The third-order valence-corrected chi connectivity index (χ3v) is 3.73. The van der Waals surface area contributed by atoms with Crippen LogP contribution in [0, 0.1) is 0 Å². The number of carbonyl (C=O) groups is 1. The maximum atomic E-state index is 12.2. The standard InChI is InChI=1S/C13H10Cl3NO/c1-8-11(15)6-17(7-12(8)16)13(18)9-2-4-10(14)5-3-9/h2-6H,7H2,1H3. The fourth-order valence-corrected chi connectivity index (χ4v) is 2.20.